The number of rotatable bonds is 4. The molecule has 2 rings (SSSR count). The van der Waals surface area contributed by atoms with Crippen LogP contribution in [-0.4, -0.2) is 50.2 Å². The van der Waals surface area contributed by atoms with Crippen LogP contribution in [0, 0.1) is 6.92 Å². The van der Waals surface area contributed by atoms with Gasteiger partial charge in [0.2, 0.25) is 10.0 Å². The zero-order valence-corrected chi connectivity index (χ0v) is 12.7. The fourth-order valence-corrected chi connectivity index (χ4v) is 3.55. The van der Waals surface area contributed by atoms with Crippen molar-refractivity contribution in [2.45, 2.75) is 30.3 Å². The zero-order chi connectivity index (χ0) is 14.8. The number of aryl methyl sites for hydroxylation is 1. The molecule has 0 aliphatic carbocycles. The zero-order valence-electron chi connectivity index (χ0n) is 11.9. The molecular formula is C14H21NO4S. The number of hydrogen-bond acceptors (Lipinski definition) is 4. The molecule has 0 amide bonds. The Bertz CT molecular complexity index is 547. The molecule has 1 fully saturated rings. The highest BCUT2D eigenvalue weighted by atomic mass is 32.2. The largest absolute Gasteiger partial charge is 0.388 e. The molecule has 5 nitrogen and oxygen atoms in total. The molecule has 1 aromatic carbocycles. The molecular weight excluding hydrogens is 278 g/mol. The van der Waals surface area contributed by atoms with Gasteiger partial charge in [-0.25, -0.2) is 8.42 Å². The van der Waals surface area contributed by atoms with Gasteiger partial charge >= 0.3 is 0 Å². The van der Waals surface area contributed by atoms with Gasteiger partial charge < -0.3 is 9.84 Å². The van der Waals surface area contributed by atoms with Gasteiger partial charge in [0, 0.05) is 39.6 Å². The number of benzene rings is 1. The van der Waals surface area contributed by atoms with Crippen LogP contribution < -0.4 is 0 Å². The maximum absolute atomic E-state index is 12.4. The lowest BCUT2D eigenvalue weighted by Crippen LogP contribution is -2.47. The van der Waals surface area contributed by atoms with Crippen LogP contribution in [0.15, 0.2) is 29.2 Å². The van der Waals surface area contributed by atoms with Crippen LogP contribution in [0.3, 0.4) is 0 Å². The number of aliphatic hydroxyl groups is 1. The standard InChI is InChI=1S/C14H21NO4S/c1-12-3-5-13(6-4-12)20(17,18)15(2)11-14(16)7-9-19-10-8-14/h3-6,16H,7-11H2,1-2H3. The van der Waals surface area contributed by atoms with Gasteiger partial charge in [0.05, 0.1) is 10.5 Å². The van der Waals surface area contributed by atoms with Crippen molar-refractivity contribution in [3.63, 3.8) is 0 Å². The van der Waals surface area contributed by atoms with E-state index in [0.717, 1.165) is 5.56 Å². The van der Waals surface area contributed by atoms with Gasteiger partial charge in [-0.05, 0) is 19.1 Å². The Balaban J connectivity index is 2.14. The summed E-state index contributed by atoms with van der Waals surface area (Å²) in [6, 6.07) is 6.72. The number of nitrogens with zero attached hydrogens (tertiary/aromatic N) is 1. The lowest BCUT2D eigenvalue weighted by molar-refractivity contribution is -0.0689. The topological polar surface area (TPSA) is 66.8 Å². The predicted molar refractivity (Wildman–Crippen MR) is 76.0 cm³/mol. The summed E-state index contributed by atoms with van der Waals surface area (Å²) in [6.07, 6.45) is 0.918. The molecule has 112 valence electrons. The number of hydrogen-bond donors (Lipinski definition) is 1. The summed E-state index contributed by atoms with van der Waals surface area (Å²) in [4.78, 5) is 0.251. The molecule has 20 heavy (non-hydrogen) atoms. The van der Waals surface area contributed by atoms with Gasteiger partial charge in [-0.3, -0.25) is 0 Å². The molecule has 6 heteroatoms. The first-order valence-electron chi connectivity index (χ1n) is 6.67. The Morgan fingerprint density at radius 3 is 2.35 bits per heavy atom. The molecule has 0 radical (unpaired) electrons. The maximum atomic E-state index is 12.4. The molecule has 1 heterocycles. The summed E-state index contributed by atoms with van der Waals surface area (Å²) < 4.78 is 31.3. The van der Waals surface area contributed by atoms with Crippen LogP contribution in [0.1, 0.15) is 18.4 Å². The van der Waals surface area contributed by atoms with Crippen molar-refractivity contribution in [3.8, 4) is 0 Å². The Labute approximate surface area is 120 Å². The molecule has 1 aliphatic heterocycles. The quantitative estimate of drug-likeness (QED) is 0.906. The molecule has 0 unspecified atom stereocenters. The van der Waals surface area contributed by atoms with E-state index in [1.165, 1.54) is 11.4 Å². The van der Waals surface area contributed by atoms with Crippen molar-refractivity contribution in [2.75, 3.05) is 26.8 Å². The second-order valence-corrected chi connectivity index (χ2v) is 7.46. The first-order chi connectivity index (χ1) is 9.33. The average molecular weight is 299 g/mol. The lowest BCUT2D eigenvalue weighted by atomic mass is 9.95. The third-order valence-electron chi connectivity index (χ3n) is 3.67. The number of ether oxygens (including phenoxy) is 1. The van der Waals surface area contributed by atoms with Crippen LogP contribution >= 0.6 is 0 Å². The summed E-state index contributed by atoms with van der Waals surface area (Å²) in [5, 5.41) is 10.4. The Morgan fingerprint density at radius 1 is 1.25 bits per heavy atom. The van der Waals surface area contributed by atoms with Crippen LogP contribution in [0.2, 0.25) is 0 Å². The smallest absolute Gasteiger partial charge is 0.242 e. The Kier molecular flexibility index (Phi) is 4.49. The normalized spacial score (nSPS) is 19.2. The van der Waals surface area contributed by atoms with Gasteiger partial charge in [0.25, 0.3) is 0 Å². The average Bonchev–Trinajstić information content (AvgIpc) is 2.39. The molecule has 0 spiro atoms. The second kappa shape index (κ2) is 5.81. The van der Waals surface area contributed by atoms with E-state index in [0.29, 0.717) is 26.1 Å². The summed E-state index contributed by atoms with van der Waals surface area (Å²) in [6.45, 7) is 2.93. The monoisotopic (exact) mass is 299 g/mol. The van der Waals surface area contributed by atoms with Gasteiger partial charge in [0.1, 0.15) is 0 Å². The van der Waals surface area contributed by atoms with Gasteiger partial charge in [-0.2, -0.15) is 4.31 Å². The van der Waals surface area contributed by atoms with Crippen molar-refractivity contribution in [3.05, 3.63) is 29.8 Å². The maximum Gasteiger partial charge on any atom is 0.242 e. The van der Waals surface area contributed by atoms with Crippen molar-refractivity contribution in [2.24, 2.45) is 0 Å². The Hall–Kier alpha value is -0.950. The van der Waals surface area contributed by atoms with E-state index in [1.807, 2.05) is 6.92 Å². The molecule has 1 saturated heterocycles. The lowest BCUT2D eigenvalue weighted by Gasteiger charge is -2.35. The highest BCUT2D eigenvalue weighted by Crippen LogP contribution is 2.24. The SMILES string of the molecule is Cc1ccc(S(=O)(=O)N(C)CC2(O)CCOCC2)cc1. The molecule has 0 saturated carbocycles. The molecule has 1 aromatic rings. The fourth-order valence-electron chi connectivity index (χ4n) is 2.30. The van der Waals surface area contributed by atoms with Crippen LogP contribution in [0.4, 0.5) is 0 Å². The van der Waals surface area contributed by atoms with E-state index in [9.17, 15) is 13.5 Å². The highest BCUT2D eigenvalue weighted by molar-refractivity contribution is 7.89. The number of sulfonamides is 1. The van der Waals surface area contributed by atoms with Crippen LogP contribution in [0.25, 0.3) is 0 Å². The van der Waals surface area contributed by atoms with E-state index >= 15 is 0 Å². The summed E-state index contributed by atoms with van der Waals surface area (Å²) >= 11 is 0. The molecule has 1 aliphatic rings. The van der Waals surface area contributed by atoms with Gasteiger partial charge in [-0.15, -0.1) is 0 Å². The fraction of sp³-hybridized carbons (Fsp3) is 0.571. The van der Waals surface area contributed by atoms with E-state index in [-0.39, 0.29) is 11.4 Å². The van der Waals surface area contributed by atoms with Crippen molar-refractivity contribution >= 4 is 10.0 Å². The predicted octanol–water partition coefficient (Wildman–Crippen LogP) is 1.16. The first kappa shape index (κ1) is 15.4. The van der Waals surface area contributed by atoms with Crippen molar-refractivity contribution in [1.29, 1.82) is 0 Å². The van der Waals surface area contributed by atoms with E-state index in [1.54, 1.807) is 24.3 Å². The first-order valence-corrected chi connectivity index (χ1v) is 8.11. The minimum atomic E-state index is -3.56. The second-order valence-electron chi connectivity index (χ2n) is 5.41. The Morgan fingerprint density at radius 2 is 1.80 bits per heavy atom. The molecule has 0 atom stereocenters. The third kappa shape index (κ3) is 3.38. The van der Waals surface area contributed by atoms with Crippen molar-refractivity contribution < 1.29 is 18.3 Å². The van der Waals surface area contributed by atoms with E-state index in [4.69, 9.17) is 4.74 Å². The van der Waals surface area contributed by atoms with Gasteiger partial charge in [-0.1, -0.05) is 17.7 Å². The number of likely N-dealkylation sites (N-methyl/N-ethyl adjacent to an activating group) is 1. The molecule has 0 aromatic heterocycles. The molecule has 1 N–H and O–H groups in total. The minimum Gasteiger partial charge on any atom is -0.388 e. The third-order valence-corrected chi connectivity index (χ3v) is 5.49. The van der Waals surface area contributed by atoms with Crippen LogP contribution in [0.5, 0.6) is 0 Å². The summed E-state index contributed by atoms with van der Waals surface area (Å²) in [5.74, 6) is 0. The molecule has 0 bridgehead atoms. The summed E-state index contributed by atoms with van der Waals surface area (Å²) in [5.41, 5.74) is 0.0137. The van der Waals surface area contributed by atoms with Crippen molar-refractivity contribution in [1.82, 2.24) is 4.31 Å². The van der Waals surface area contributed by atoms with Gasteiger partial charge in [0.15, 0.2) is 0 Å². The summed E-state index contributed by atoms with van der Waals surface area (Å²) in [7, 11) is -2.06. The highest BCUT2D eigenvalue weighted by Gasteiger charge is 2.34. The minimum absolute atomic E-state index is 0.0899. The van der Waals surface area contributed by atoms with Crippen LogP contribution in [-0.2, 0) is 14.8 Å². The van der Waals surface area contributed by atoms with E-state index < -0.39 is 15.6 Å². The van der Waals surface area contributed by atoms with E-state index in [2.05, 4.69) is 0 Å².